The number of hydrogen-bond donors (Lipinski definition) is 1. The zero-order valence-corrected chi connectivity index (χ0v) is 12.1. The molecule has 1 heterocycles. The monoisotopic (exact) mass is 323 g/mol. The van der Waals surface area contributed by atoms with Crippen molar-refractivity contribution >= 4 is 39.8 Å². The number of fused-ring (bicyclic) bond motifs is 1. The maximum atomic E-state index is 13.1. The molecule has 3 rings (SSSR count). The zero-order valence-electron chi connectivity index (χ0n) is 15.4. The normalized spacial score (nSPS) is 25.5. The maximum Gasteiger partial charge on any atom is 0.264 e. The minimum absolute atomic E-state index is 0.0368. The second-order valence-electron chi connectivity index (χ2n) is 5.05. The molecule has 1 aliphatic rings. The number of aromatic nitrogens is 2. The Morgan fingerprint density at radius 3 is 2.91 bits per heavy atom. The highest BCUT2D eigenvalue weighted by Gasteiger charge is 2.30. The Balaban J connectivity index is 2.44. The lowest BCUT2D eigenvalue weighted by Crippen LogP contribution is -2.36. The van der Waals surface area contributed by atoms with E-state index in [1.165, 1.54) is 12.1 Å². The number of nitrogens with zero attached hydrogens (tertiary/aromatic N) is 2. The van der Waals surface area contributed by atoms with Crippen molar-refractivity contribution in [1.82, 2.24) is 9.55 Å². The number of benzene rings is 1. The number of rotatable bonds is 1. The smallest absolute Gasteiger partial charge is 0.264 e. The van der Waals surface area contributed by atoms with Crippen LogP contribution in [-0.4, -0.2) is 21.1 Å². The van der Waals surface area contributed by atoms with Gasteiger partial charge in [0.05, 0.1) is 24.7 Å². The summed E-state index contributed by atoms with van der Waals surface area (Å²) < 4.78 is 32.1. The number of aryl methyl sites for hydroxylation is 1. The number of Topliss-reactive ketones (excluding diaryl/α,β-unsaturated/α-hetero) is 2. The molecule has 1 saturated carbocycles. The summed E-state index contributed by atoms with van der Waals surface area (Å²) in [7, 11) is 0. The lowest BCUT2D eigenvalue weighted by molar-refractivity contribution is -0.132. The minimum Gasteiger partial charge on any atom is -0.398 e. The fraction of sp³-hybridized carbons (Fsp3) is 0.333. The third kappa shape index (κ3) is 2.29. The van der Waals surface area contributed by atoms with Gasteiger partial charge < -0.3 is 5.73 Å². The van der Waals surface area contributed by atoms with Crippen LogP contribution in [0.25, 0.3) is 10.9 Å². The Morgan fingerprint density at radius 1 is 1.45 bits per heavy atom. The molecule has 22 heavy (non-hydrogen) atoms. The van der Waals surface area contributed by atoms with Crippen LogP contribution in [-0.2, 0) is 9.59 Å². The van der Waals surface area contributed by atoms with Gasteiger partial charge in [-0.15, -0.1) is 0 Å². The average molecular weight is 324 g/mol. The minimum atomic E-state index is -2.87. The highest BCUT2D eigenvalue weighted by molar-refractivity contribution is 6.31. The number of halogens is 1. The van der Waals surface area contributed by atoms with Gasteiger partial charge in [0.25, 0.3) is 5.56 Å². The molecule has 0 unspecified atom stereocenters. The number of nitrogens with two attached hydrogens (primary N) is 1. The van der Waals surface area contributed by atoms with Crippen LogP contribution in [0.4, 0.5) is 5.69 Å². The number of nitrogen functional groups attached to an aromatic ring is 1. The summed E-state index contributed by atoms with van der Waals surface area (Å²) in [4.78, 5) is 40.9. The van der Waals surface area contributed by atoms with E-state index in [4.69, 9.17) is 22.8 Å². The first-order valence-corrected chi connectivity index (χ1v) is 6.90. The molecule has 6 nitrogen and oxygen atoms in total. The predicted molar refractivity (Wildman–Crippen MR) is 83.1 cm³/mol. The van der Waals surface area contributed by atoms with Gasteiger partial charge in [0.15, 0.2) is 5.78 Å². The molecule has 0 aliphatic heterocycles. The van der Waals surface area contributed by atoms with E-state index in [0.717, 1.165) is 0 Å². The first-order chi connectivity index (χ1) is 11.9. The van der Waals surface area contributed by atoms with Crippen molar-refractivity contribution < 1.29 is 15.1 Å². The molecular formula is C15H14ClN3O3. The Morgan fingerprint density at radius 2 is 2.23 bits per heavy atom. The van der Waals surface area contributed by atoms with Crippen LogP contribution in [0.15, 0.2) is 16.9 Å². The van der Waals surface area contributed by atoms with Crippen LogP contribution in [0.1, 0.15) is 36.6 Å². The fourth-order valence-electron chi connectivity index (χ4n) is 2.56. The van der Waals surface area contributed by atoms with Crippen molar-refractivity contribution in [2.45, 2.75) is 32.1 Å². The van der Waals surface area contributed by atoms with Crippen molar-refractivity contribution in [3.05, 3.63) is 33.3 Å². The van der Waals surface area contributed by atoms with Gasteiger partial charge in [-0.1, -0.05) is 11.6 Å². The van der Waals surface area contributed by atoms with Crippen molar-refractivity contribution in [2.75, 3.05) is 5.73 Å². The van der Waals surface area contributed by atoms with E-state index < -0.39 is 36.5 Å². The molecule has 0 amide bonds. The summed E-state index contributed by atoms with van der Waals surface area (Å²) in [5, 5.41) is 0.0368. The van der Waals surface area contributed by atoms with Crippen molar-refractivity contribution in [2.24, 2.45) is 0 Å². The van der Waals surface area contributed by atoms with Gasteiger partial charge in [-0.2, -0.15) is 0 Å². The van der Waals surface area contributed by atoms with Gasteiger partial charge in [-0.05, 0) is 25.4 Å². The van der Waals surface area contributed by atoms with E-state index in [1.54, 1.807) is 0 Å². The molecule has 0 bridgehead atoms. The maximum absolute atomic E-state index is 13.1. The largest absolute Gasteiger partial charge is 0.398 e. The van der Waals surface area contributed by atoms with Gasteiger partial charge in [0, 0.05) is 21.2 Å². The Labute approximate surface area is 136 Å². The van der Waals surface area contributed by atoms with Crippen molar-refractivity contribution in [1.29, 1.82) is 0 Å². The second-order valence-corrected chi connectivity index (χ2v) is 5.49. The molecule has 114 valence electrons. The quantitative estimate of drug-likeness (QED) is 0.638. The van der Waals surface area contributed by atoms with Crippen LogP contribution in [0, 0.1) is 6.85 Å². The van der Waals surface area contributed by atoms with Crippen LogP contribution >= 0.6 is 11.6 Å². The topological polar surface area (TPSA) is 95.0 Å². The van der Waals surface area contributed by atoms with Crippen LogP contribution in [0.2, 0.25) is 5.02 Å². The molecule has 1 aromatic heterocycles. The molecule has 1 aromatic carbocycles. The van der Waals surface area contributed by atoms with Gasteiger partial charge in [-0.25, -0.2) is 4.98 Å². The average Bonchev–Trinajstić information content (AvgIpc) is 2.49. The van der Waals surface area contributed by atoms with Crippen LogP contribution in [0.5, 0.6) is 0 Å². The molecular weight excluding hydrogens is 306 g/mol. The molecule has 0 radical (unpaired) electrons. The van der Waals surface area contributed by atoms with E-state index in [1.807, 2.05) is 0 Å². The van der Waals surface area contributed by atoms with E-state index in [-0.39, 0.29) is 40.2 Å². The fourth-order valence-corrected chi connectivity index (χ4v) is 2.78. The molecule has 0 saturated heterocycles. The summed E-state index contributed by atoms with van der Waals surface area (Å²) in [5.41, 5.74) is 4.83. The molecule has 1 fully saturated rings. The zero-order chi connectivity index (χ0) is 19.4. The van der Waals surface area contributed by atoms with Crippen LogP contribution < -0.4 is 11.3 Å². The van der Waals surface area contributed by atoms with Gasteiger partial charge in [0.1, 0.15) is 11.6 Å². The third-order valence-electron chi connectivity index (χ3n) is 3.56. The van der Waals surface area contributed by atoms with Gasteiger partial charge in [0.2, 0.25) is 0 Å². The SMILES string of the molecule is [2H]C([2H])([2H])c1nc2cc(Cl)cc(N)c2c(=O)n1[C@@]1([2H])CCC(=O)CC1=O. The molecule has 7 heteroatoms. The first kappa shape index (κ1) is 10.5. The van der Waals surface area contributed by atoms with E-state index in [9.17, 15) is 14.4 Å². The summed E-state index contributed by atoms with van der Waals surface area (Å²) >= 11 is 5.90. The van der Waals surface area contributed by atoms with Crippen LogP contribution in [0.3, 0.4) is 0 Å². The lowest BCUT2D eigenvalue weighted by Gasteiger charge is -2.24. The summed E-state index contributed by atoms with van der Waals surface area (Å²) in [6.07, 6.45) is -0.963. The Hall–Kier alpha value is -2.21. The molecule has 1 aliphatic carbocycles. The number of hydrogen-bond acceptors (Lipinski definition) is 5. The van der Waals surface area contributed by atoms with Crippen molar-refractivity contribution in [3.8, 4) is 0 Å². The highest BCUT2D eigenvalue weighted by atomic mass is 35.5. The third-order valence-corrected chi connectivity index (χ3v) is 3.78. The number of anilines is 1. The second kappa shape index (κ2) is 5.21. The Bertz CT molecular complexity index is 1020. The summed E-state index contributed by atoms with van der Waals surface area (Å²) in [6, 6.07) is 0.355. The predicted octanol–water partition coefficient (Wildman–Crippen LogP) is 1.80. The molecule has 2 aromatic rings. The van der Waals surface area contributed by atoms with E-state index in [0.29, 0.717) is 4.57 Å². The summed E-state index contributed by atoms with van der Waals surface area (Å²) in [6.45, 7) is -2.87. The van der Waals surface area contributed by atoms with Gasteiger partial charge >= 0.3 is 0 Å². The number of carbonyl (C=O) groups is 2. The van der Waals surface area contributed by atoms with E-state index >= 15 is 0 Å². The highest BCUT2D eigenvalue weighted by Crippen LogP contribution is 2.26. The van der Waals surface area contributed by atoms with E-state index in [2.05, 4.69) is 4.98 Å². The summed E-state index contributed by atoms with van der Waals surface area (Å²) in [5.74, 6) is -1.93. The number of ketones is 2. The molecule has 1 atom stereocenters. The van der Waals surface area contributed by atoms with Gasteiger partial charge in [-0.3, -0.25) is 19.0 Å². The lowest BCUT2D eigenvalue weighted by atomic mass is 9.92. The first-order valence-electron chi connectivity index (χ1n) is 8.53. The standard InChI is InChI=1S/C15H14ClN3O3/c1-7-18-11-5-8(16)4-10(17)14(11)15(22)19(7)12-3-2-9(20)6-13(12)21/h4-5,12H,2-3,6,17H2,1H3/t12-/m0/s1/i1D3,12D. The molecule has 2 N–H and O–H groups in total. The number of carbonyl (C=O) groups excluding carboxylic acids is 2. The Kier molecular flexibility index (Phi) is 2.49. The molecule has 0 spiro atoms. The van der Waals surface area contributed by atoms with Crippen molar-refractivity contribution in [3.63, 3.8) is 0 Å².